The van der Waals surface area contributed by atoms with Crippen LogP contribution in [0.5, 0.6) is 5.75 Å². The van der Waals surface area contributed by atoms with Gasteiger partial charge in [-0.05, 0) is 79.3 Å². The van der Waals surface area contributed by atoms with Gasteiger partial charge >= 0.3 is 5.97 Å². The Kier molecular flexibility index (Phi) is 10.3. The summed E-state index contributed by atoms with van der Waals surface area (Å²) in [5.74, 6) is -0.846. The molecule has 0 saturated heterocycles. The van der Waals surface area contributed by atoms with Gasteiger partial charge in [-0.25, -0.2) is 9.18 Å². The predicted molar refractivity (Wildman–Crippen MR) is 137 cm³/mol. The zero-order valence-electron chi connectivity index (χ0n) is 20.5. The number of hydrogen-bond acceptors (Lipinski definition) is 3. The van der Waals surface area contributed by atoms with Crippen LogP contribution in [-0.2, 0) is 12.8 Å². The first kappa shape index (κ1) is 25.6. The van der Waals surface area contributed by atoms with Crippen molar-refractivity contribution >= 4 is 5.97 Å². The van der Waals surface area contributed by atoms with E-state index in [0.717, 1.165) is 48.9 Å². The molecule has 0 unspecified atom stereocenters. The number of hydrogen-bond donors (Lipinski definition) is 0. The number of ether oxygens (including phenoxy) is 1. The van der Waals surface area contributed by atoms with E-state index in [1.807, 2.05) is 24.4 Å². The highest BCUT2D eigenvalue weighted by atomic mass is 19.1. The van der Waals surface area contributed by atoms with Crippen LogP contribution in [0.1, 0.15) is 86.7 Å². The molecule has 1 aromatic heterocycles. The first-order chi connectivity index (χ1) is 16.6. The summed E-state index contributed by atoms with van der Waals surface area (Å²) in [6.07, 6.45) is 13.4. The summed E-state index contributed by atoms with van der Waals surface area (Å²) in [5, 5.41) is 0. The van der Waals surface area contributed by atoms with E-state index in [2.05, 4.69) is 24.9 Å². The quantitative estimate of drug-likeness (QED) is 0.146. The minimum atomic E-state index is -0.688. The van der Waals surface area contributed by atoms with Gasteiger partial charge in [0.2, 0.25) is 0 Å². The topological polar surface area (TPSA) is 39.2 Å². The van der Waals surface area contributed by atoms with Crippen LogP contribution < -0.4 is 4.74 Å². The van der Waals surface area contributed by atoms with Crippen LogP contribution in [0.25, 0.3) is 11.3 Å². The molecule has 0 radical (unpaired) electrons. The van der Waals surface area contributed by atoms with Crippen LogP contribution >= 0.6 is 0 Å². The van der Waals surface area contributed by atoms with Gasteiger partial charge in [0.15, 0.2) is 0 Å². The van der Waals surface area contributed by atoms with E-state index < -0.39 is 11.8 Å². The molecule has 0 N–H and O–H groups in total. The summed E-state index contributed by atoms with van der Waals surface area (Å²) in [6, 6.07) is 16.1. The molecule has 3 aromatic rings. The Labute approximate surface area is 203 Å². The number of carbonyl (C=O) groups is 1. The number of aromatic nitrogens is 1. The number of benzene rings is 2. The highest BCUT2D eigenvalue weighted by Gasteiger charge is 2.15. The summed E-state index contributed by atoms with van der Waals surface area (Å²) >= 11 is 0. The standard InChI is InChI=1S/C30H36FNO2/c1-3-5-7-8-10-12-24-14-20-29(32-22-24)25-15-17-26(18-16-25)34-30(33)27-19-13-23(21-28(27)31)11-9-6-4-2/h13-22H,3-12H2,1-2H3. The molecule has 0 aliphatic rings. The Morgan fingerprint density at radius 3 is 2.12 bits per heavy atom. The zero-order chi connectivity index (χ0) is 24.2. The van der Waals surface area contributed by atoms with Crippen LogP contribution in [0, 0.1) is 5.82 Å². The van der Waals surface area contributed by atoms with Crippen molar-refractivity contribution in [3.05, 3.63) is 83.3 Å². The lowest BCUT2D eigenvalue weighted by atomic mass is 10.0. The van der Waals surface area contributed by atoms with Crippen LogP contribution in [0.15, 0.2) is 60.8 Å². The normalized spacial score (nSPS) is 10.9. The second-order valence-corrected chi connectivity index (χ2v) is 8.90. The van der Waals surface area contributed by atoms with Crippen molar-refractivity contribution in [2.75, 3.05) is 0 Å². The van der Waals surface area contributed by atoms with Gasteiger partial charge in [0.05, 0.1) is 11.3 Å². The summed E-state index contributed by atoms with van der Waals surface area (Å²) in [7, 11) is 0. The number of rotatable bonds is 13. The fraction of sp³-hybridized carbons (Fsp3) is 0.400. The van der Waals surface area contributed by atoms with Gasteiger partial charge in [-0.2, -0.15) is 0 Å². The van der Waals surface area contributed by atoms with E-state index in [-0.39, 0.29) is 5.56 Å². The van der Waals surface area contributed by atoms with Crippen molar-refractivity contribution in [2.45, 2.75) is 78.1 Å². The molecule has 3 rings (SSSR count). The molecule has 0 spiro atoms. The number of nitrogens with zero attached hydrogens (tertiary/aromatic N) is 1. The third-order valence-electron chi connectivity index (χ3n) is 6.08. The fourth-order valence-electron chi connectivity index (χ4n) is 3.99. The summed E-state index contributed by atoms with van der Waals surface area (Å²) in [6.45, 7) is 4.36. The number of unbranched alkanes of at least 4 members (excludes halogenated alkanes) is 6. The Morgan fingerprint density at radius 2 is 1.44 bits per heavy atom. The molecule has 0 saturated carbocycles. The molecular formula is C30H36FNO2. The number of carbonyl (C=O) groups excluding carboxylic acids is 1. The number of aryl methyl sites for hydroxylation is 2. The van der Waals surface area contributed by atoms with Gasteiger partial charge in [-0.3, -0.25) is 4.98 Å². The van der Waals surface area contributed by atoms with E-state index in [1.165, 1.54) is 49.8 Å². The third-order valence-corrected chi connectivity index (χ3v) is 6.08. The second kappa shape index (κ2) is 13.6. The molecule has 0 aliphatic heterocycles. The fourth-order valence-corrected chi connectivity index (χ4v) is 3.99. The molecule has 34 heavy (non-hydrogen) atoms. The van der Waals surface area contributed by atoms with E-state index in [4.69, 9.17) is 4.74 Å². The molecule has 1 heterocycles. The first-order valence-corrected chi connectivity index (χ1v) is 12.7. The molecule has 2 aromatic carbocycles. The summed E-state index contributed by atoms with van der Waals surface area (Å²) in [4.78, 5) is 17.1. The van der Waals surface area contributed by atoms with Gasteiger partial charge in [0, 0.05) is 11.8 Å². The van der Waals surface area contributed by atoms with E-state index in [0.29, 0.717) is 5.75 Å². The van der Waals surface area contributed by atoms with Crippen molar-refractivity contribution in [3.8, 4) is 17.0 Å². The first-order valence-electron chi connectivity index (χ1n) is 12.7. The Morgan fingerprint density at radius 1 is 0.794 bits per heavy atom. The highest BCUT2D eigenvalue weighted by Crippen LogP contribution is 2.23. The number of esters is 1. The molecule has 0 amide bonds. The molecule has 4 heteroatoms. The van der Waals surface area contributed by atoms with Gasteiger partial charge in [0.25, 0.3) is 0 Å². The Hall–Kier alpha value is -3.01. The second-order valence-electron chi connectivity index (χ2n) is 8.90. The lowest BCUT2D eigenvalue weighted by Crippen LogP contribution is -2.11. The summed E-state index contributed by atoms with van der Waals surface area (Å²) in [5.41, 5.74) is 3.93. The van der Waals surface area contributed by atoms with Crippen molar-refractivity contribution in [2.24, 2.45) is 0 Å². The Balaban J connectivity index is 1.54. The van der Waals surface area contributed by atoms with Crippen molar-refractivity contribution in [3.63, 3.8) is 0 Å². The number of halogens is 1. The van der Waals surface area contributed by atoms with Gasteiger partial charge < -0.3 is 4.74 Å². The smallest absolute Gasteiger partial charge is 0.346 e. The van der Waals surface area contributed by atoms with Crippen molar-refractivity contribution in [1.82, 2.24) is 4.98 Å². The van der Waals surface area contributed by atoms with E-state index >= 15 is 0 Å². The van der Waals surface area contributed by atoms with Gasteiger partial charge in [0.1, 0.15) is 11.6 Å². The van der Waals surface area contributed by atoms with Crippen LogP contribution in [0.4, 0.5) is 4.39 Å². The van der Waals surface area contributed by atoms with Crippen molar-refractivity contribution in [1.29, 1.82) is 0 Å². The maximum atomic E-state index is 14.5. The molecule has 3 nitrogen and oxygen atoms in total. The van der Waals surface area contributed by atoms with Crippen LogP contribution in [0.2, 0.25) is 0 Å². The minimum absolute atomic E-state index is 0.0460. The third kappa shape index (κ3) is 7.79. The number of pyridine rings is 1. The van der Waals surface area contributed by atoms with E-state index in [9.17, 15) is 9.18 Å². The highest BCUT2D eigenvalue weighted by molar-refractivity contribution is 5.91. The largest absolute Gasteiger partial charge is 0.423 e. The predicted octanol–water partition coefficient (Wildman–Crippen LogP) is 8.35. The molecule has 0 fully saturated rings. The molecule has 0 bridgehead atoms. The monoisotopic (exact) mass is 461 g/mol. The lowest BCUT2D eigenvalue weighted by molar-refractivity contribution is 0.0730. The zero-order valence-corrected chi connectivity index (χ0v) is 20.5. The Bertz CT molecular complexity index is 1030. The average Bonchev–Trinajstić information content (AvgIpc) is 2.85. The van der Waals surface area contributed by atoms with Crippen LogP contribution in [0.3, 0.4) is 0 Å². The average molecular weight is 462 g/mol. The SMILES string of the molecule is CCCCCCCc1ccc(-c2ccc(OC(=O)c3ccc(CCCCC)cc3F)cc2)nc1. The molecule has 0 aliphatic carbocycles. The summed E-state index contributed by atoms with van der Waals surface area (Å²) < 4.78 is 19.9. The minimum Gasteiger partial charge on any atom is -0.423 e. The molecule has 180 valence electrons. The van der Waals surface area contributed by atoms with Gasteiger partial charge in [-0.1, -0.05) is 64.5 Å². The molecule has 0 atom stereocenters. The lowest BCUT2D eigenvalue weighted by Gasteiger charge is -2.08. The van der Waals surface area contributed by atoms with Crippen LogP contribution in [-0.4, -0.2) is 11.0 Å². The molecular weight excluding hydrogens is 425 g/mol. The maximum Gasteiger partial charge on any atom is 0.346 e. The van der Waals surface area contributed by atoms with Crippen molar-refractivity contribution < 1.29 is 13.9 Å². The van der Waals surface area contributed by atoms with E-state index in [1.54, 1.807) is 18.2 Å². The van der Waals surface area contributed by atoms with Gasteiger partial charge in [-0.15, -0.1) is 0 Å². The maximum absolute atomic E-state index is 14.5.